The van der Waals surface area contributed by atoms with Crippen LogP contribution >= 0.6 is 27.5 Å². The fourth-order valence-corrected chi connectivity index (χ4v) is 3.91. The Morgan fingerprint density at radius 2 is 2.03 bits per heavy atom. The molecule has 0 saturated carbocycles. The van der Waals surface area contributed by atoms with E-state index in [1.165, 1.54) is 4.90 Å². The van der Waals surface area contributed by atoms with Crippen molar-refractivity contribution >= 4 is 39.5 Å². The lowest BCUT2D eigenvalue weighted by Crippen LogP contribution is -2.53. The van der Waals surface area contributed by atoms with Gasteiger partial charge in [-0.25, -0.2) is 4.79 Å². The second-order valence-electron chi connectivity index (χ2n) is 8.65. The fourth-order valence-electron chi connectivity index (χ4n) is 3.06. The molecule has 0 spiro atoms. The first-order valence-corrected chi connectivity index (χ1v) is 11.0. The summed E-state index contributed by atoms with van der Waals surface area (Å²) in [4.78, 5) is 25.7. The standard InChI is InChI=1S/C22H30BrClN2O3/c1-6-29-19(27)10-12-26-14-18(23)22(5,25-20(26)28)16-8-7-15(17(24)13-16)9-11-21(2,3)4/h7-8,13-14H,6,9-12H2,1-5H3,(H,25,28)/t22-/m0/s1. The van der Waals surface area contributed by atoms with Gasteiger partial charge in [-0.05, 0) is 49.3 Å². The van der Waals surface area contributed by atoms with Crippen molar-refractivity contribution in [3.05, 3.63) is 45.0 Å². The zero-order valence-electron chi connectivity index (χ0n) is 17.8. The Morgan fingerprint density at radius 1 is 1.34 bits per heavy atom. The summed E-state index contributed by atoms with van der Waals surface area (Å²) in [6, 6.07) is 5.69. The average molecular weight is 486 g/mol. The fraction of sp³-hybridized carbons (Fsp3) is 0.545. The maximum Gasteiger partial charge on any atom is 0.322 e. The lowest BCUT2D eigenvalue weighted by molar-refractivity contribution is -0.143. The minimum absolute atomic E-state index is 0.142. The largest absolute Gasteiger partial charge is 0.466 e. The van der Waals surface area contributed by atoms with Gasteiger partial charge in [0.1, 0.15) is 0 Å². The van der Waals surface area contributed by atoms with Crippen LogP contribution < -0.4 is 5.32 Å². The summed E-state index contributed by atoms with van der Waals surface area (Å²) < 4.78 is 5.71. The summed E-state index contributed by atoms with van der Waals surface area (Å²) in [5, 5.41) is 3.73. The number of urea groups is 1. The number of hydrogen-bond acceptors (Lipinski definition) is 3. The van der Waals surface area contributed by atoms with Crippen molar-refractivity contribution in [2.75, 3.05) is 13.2 Å². The predicted molar refractivity (Wildman–Crippen MR) is 120 cm³/mol. The number of aryl methyl sites for hydroxylation is 1. The van der Waals surface area contributed by atoms with Crippen molar-refractivity contribution in [3.63, 3.8) is 0 Å². The molecule has 0 unspecified atom stereocenters. The van der Waals surface area contributed by atoms with E-state index < -0.39 is 5.54 Å². The molecule has 1 aromatic rings. The molecular formula is C22H30BrClN2O3. The van der Waals surface area contributed by atoms with E-state index in [-0.39, 0.29) is 30.4 Å². The molecule has 1 heterocycles. The molecule has 1 aliphatic heterocycles. The van der Waals surface area contributed by atoms with E-state index in [2.05, 4.69) is 42.0 Å². The van der Waals surface area contributed by atoms with Gasteiger partial charge in [0, 0.05) is 22.2 Å². The van der Waals surface area contributed by atoms with Crippen LogP contribution in [0.4, 0.5) is 4.79 Å². The maximum absolute atomic E-state index is 12.6. The predicted octanol–water partition coefficient (Wildman–Crippen LogP) is 5.75. The van der Waals surface area contributed by atoms with E-state index in [9.17, 15) is 9.59 Å². The van der Waals surface area contributed by atoms with Gasteiger partial charge >= 0.3 is 12.0 Å². The topological polar surface area (TPSA) is 58.6 Å². The molecule has 0 radical (unpaired) electrons. The number of benzene rings is 1. The number of carbonyl (C=O) groups excluding carboxylic acids is 2. The molecule has 1 N–H and O–H groups in total. The van der Waals surface area contributed by atoms with Gasteiger partial charge in [0.05, 0.1) is 18.6 Å². The van der Waals surface area contributed by atoms with Crippen LogP contribution in [-0.4, -0.2) is 30.1 Å². The SMILES string of the molecule is CCOC(=O)CCN1C=C(Br)[C@](C)(c2ccc(CCC(C)(C)C)c(Cl)c2)NC1=O. The second kappa shape index (κ2) is 9.52. The molecular weight excluding hydrogens is 456 g/mol. The Morgan fingerprint density at radius 3 is 2.62 bits per heavy atom. The van der Waals surface area contributed by atoms with Crippen molar-refractivity contribution in [1.29, 1.82) is 0 Å². The van der Waals surface area contributed by atoms with Crippen LogP contribution in [0.25, 0.3) is 0 Å². The molecule has 0 aromatic heterocycles. The smallest absolute Gasteiger partial charge is 0.322 e. The number of nitrogens with zero attached hydrogens (tertiary/aromatic N) is 1. The Labute approximate surface area is 186 Å². The first-order valence-electron chi connectivity index (χ1n) is 9.87. The summed E-state index contributed by atoms with van der Waals surface area (Å²) in [6.07, 6.45) is 3.81. The number of ether oxygens (including phenoxy) is 1. The highest BCUT2D eigenvalue weighted by atomic mass is 79.9. The van der Waals surface area contributed by atoms with Crippen molar-refractivity contribution in [2.24, 2.45) is 5.41 Å². The number of rotatable bonds is 7. The molecule has 0 saturated heterocycles. The number of nitrogens with one attached hydrogen (secondary N) is 1. The minimum atomic E-state index is -0.732. The third-order valence-corrected chi connectivity index (χ3v) is 6.35. The van der Waals surface area contributed by atoms with E-state index in [1.54, 1.807) is 13.1 Å². The van der Waals surface area contributed by atoms with Gasteiger partial charge in [-0.15, -0.1) is 0 Å². The quantitative estimate of drug-likeness (QED) is 0.500. The van der Waals surface area contributed by atoms with E-state index in [4.69, 9.17) is 16.3 Å². The molecule has 7 heteroatoms. The van der Waals surface area contributed by atoms with Crippen LogP contribution in [0.15, 0.2) is 28.9 Å². The van der Waals surface area contributed by atoms with Crippen LogP contribution in [0.5, 0.6) is 0 Å². The summed E-state index contributed by atoms with van der Waals surface area (Å²) in [6.45, 7) is 10.9. The third kappa shape index (κ3) is 6.22. The summed E-state index contributed by atoms with van der Waals surface area (Å²) in [7, 11) is 0. The van der Waals surface area contributed by atoms with Gasteiger partial charge in [-0.3, -0.25) is 9.69 Å². The lowest BCUT2D eigenvalue weighted by atomic mass is 9.86. The van der Waals surface area contributed by atoms with Crippen molar-refractivity contribution < 1.29 is 14.3 Å². The summed E-state index contributed by atoms with van der Waals surface area (Å²) >= 11 is 10.2. The first-order chi connectivity index (χ1) is 13.5. The molecule has 0 fully saturated rings. The molecule has 0 aliphatic carbocycles. The van der Waals surface area contributed by atoms with Crippen LogP contribution in [0.1, 0.15) is 58.6 Å². The molecule has 1 atom stereocenters. The van der Waals surface area contributed by atoms with Crippen molar-refractivity contribution in [3.8, 4) is 0 Å². The minimum Gasteiger partial charge on any atom is -0.466 e. The van der Waals surface area contributed by atoms with Crippen LogP contribution in [0, 0.1) is 5.41 Å². The number of hydrogen-bond donors (Lipinski definition) is 1. The van der Waals surface area contributed by atoms with Crippen molar-refractivity contribution in [2.45, 2.75) is 59.4 Å². The van der Waals surface area contributed by atoms with Gasteiger partial charge in [-0.2, -0.15) is 0 Å². The van der Waals surface area contributed by atoms with Crippen LogP contribution in [-0.2, 0) is 21.5 Å². The Hall–Kier alpha value is -1.53. The second-order valence-corrected chi connectivity index (χ2v) is 9.91. The van der Waals surface area contributed by atoms with E-state index in [0.717, 1.165) is 28.5 Å². The molecule has 160 valence electrons. The number of carbonyl (C=O) groups is 2. The zero-order valence-corrected chi connectivity index (χ0v) is 20.1. The highest BCUT2D eigenvalue weighted by Crippen LogP contribution is 2.38. The molecule has 2 amide bonds. The first kappa shape index (κ1) is 23.7. The van der Waals surface area contributed by atoms with Gasteiger partial charge in [0.15, 0.2) is 0 Å². The molecule has 5 nitrogen and oxygen atoms in total. The van der Waals surface area contributed by atoms with E-state index >= 15 is 0 Å². The van der Waals surface area contributed by atoms with Gasteiger partial charge in [0.2, 0.25) is 0 Å². The number of esters is 1. The molecule has 1 aromatic carbocycles. The van der Waals surface area contributed by atoms with E-state index in [1.807, 2.05) is 25.1 Å². The number of halogens is 2. The summed E-state index contributed by atoms with van der Waals surface area (Å²) in [5.74, 6) is -0.323. The normalized spacial score (nSPS) is 19.6. The average Bonchev–Trinajstić information content (AvgIpc) is 2.62. The van der Waals surface area contributed by atoms with E-state index in [0.29, 0.717) is 11.6 Å². The molecule has 0 bridgehead atoms. The van der Waals surface area contributed by atoms with Crippen LogP contribution in [0.3, 0.4) is 0 Å². The molecule has 1 aliphatic rings. The van der Waals surface area contributed by atoms with Gasteiger partial charge < -0.3 is 10.1 Å². The van der Waals surface area contributed by atoms with Gasteiger partial charge in [0.25, 0.3) is 0 Å². The Balaban J connectivity index is 2.17. The summed E-state index contributed by atoms with van der Waals surface area (Å²) in [5.41, 5.74) is 1.50. The highest BCUT2D eigenvalue weighted by molar-refractivity contribution is 9.11. The van der Waals surface area contributed by atoms with Gasteiger partial charge in [-0.1, -0.05) is 60.4 Å². The Kier molecular flexibility index (Phi) is 7.80. The monoisotopic (exact) mass is 484 g/mol. The highest BCUT2D eigenvalue weighted by Gasteiger charge is 2.37. The zero-order chi connectivity index (χ0) is 21.8. The molecule has 2 rings (SSSR count). The van der Waals surface area contributed by atoms with Crippen LogP contribution in [0.2, 0.25) is 5.02 Å². The third-order valence-electron chi connectivity index (χ3n) is 5.00. The Bertz CT molecular complexity index is 804. The number of amides is 2. The maximum atomic E-state index is 12.6. The lowest BCUT2D eigenvalue weighted by Gasteiger charge is -2.38. The molecule has 29 heavy (non-hydrogen) atoms. The van der Waals surface area contributed by atoms with Crippen molar-refractivity contribution in [1.82, 2.24) is 10.2 Å².